The topological polar surface area (TPSA) is 99.3 Å². The van der Waals surface area contributed by atoms with Crippen LogP contribution < -0.4 is 11.1 Å². The normalized spacial score (nSPS) is 19.6. The summed E-state index contributed by atoms with van der Waals surface area (Å²) in [5.74, 6) is -1.48. The minimum atomic E-state index is -0.758. The summed E-state index contributed by atoms with van der Waals surface area (Å²) in [5.41, 5.74) is 6.31. The van der Waals surface area contributed by atoms with Crippen molar-refractivity contribution in [3.8, 4) is 0 Å². The van der Waals surface area contributed by atoms with Gasteiger partial charge in [0, 0.05) is 13.1 Å². The first-order valence-electron chi connectivity index (χ1n) is 5.55. The van der Waals surface area contributed by atoms with Gasteiger partial charge in [0.05, 0.1) is 0 Å². The van der Waals surface area contributed by atoms with Gasteiger partial charge in [0.15, 0.2) is 0 Å². The van der Waals surface area contributed by atoms with E-state index in [9.17, 15) is 9.59 Å². The third-order valence-electron chi connectivity index (χ3n) is 2.83. The zero-order valence-electron chi connectivity index (χ0n) is 9.72. The standard InChI is InChI=1S/C12H14N4O2/c13-10(14)9-7-16(12(18)15-11(9)17)6-8-4-2-1-3-5-8/h1-5,9H,6-7H2,(H3,13,14)(H,15,17,18). The molecule has 94 valence electrons. The molecule has 0 aliphatic carbocycles. The van der Waals surface area contributed by atoms with E-state index < -0.39 is 17.9 Å². The number of urea groups is 1. The fourth-order valence-corrected chi connectivity index (χ4v) is 1.84. The van der Waals surface area contributed by atoms with Gasteiger partial charge < -0.3 is 10.6 Å². The molecule has 1 unspecified atom stereocenters. The first kappa shape index (κ1) is 12.1. The first-order chi connectivity index (χ1) is 8.58. The number of amidine groups is 1. The third kappa shape index (κ3) is 2.48. The Morgan fingerprint density at radius 2 is 2.06 bits per heavy atom. The first-order valence-corrected chi connectivity index (χ1v) is 5.55. The Morgan fingerprint density at radius 1 is 1.39 bits per heavy atom. The van der Waals surface area contributed by atoms with Crippen molar-refractivity contribution < 1.29 is 9.59 Å². The Labute approximate surface area is 104 Å². The Balaban J connectivity index is 2.10. The molecule has 1 heterocycles. The van der Waals surface area contributed by atoms with Gasteiger partial charge in [-0.25, -0.2) is 4.79 Å². The maximum absolute atomic E-state index is 11.7. The molecule has 6 heteroatoms. The van der Waals surface area contributed by atoms with Crippen LogP contribution in [-0.2, 0) is 11.3 Å². The molecule has 1 atom stereocenters. The predicted octanol–water partition coefficient (Wildman–Crippen LogP) is 0.291. The van der Waals surface area contributed by atoms with Gasteiger partial charge >= 0.3 is 6.03 Å². The van der Waals surface area contributed by atoms with Gasteiger partial charge in [0.1, 0.15) is 11.8 Å². The molecule has 0 saturated carbocycles. The van der Waals surface area contributed by atoms with Crippen LogP contribution in [0.1, 0.15) is 5.56 Å². The smallest absolute Gasteiger partial charge is 0.324 e. The lowest BCUT2D eigenvalue weighted by Crippen LogP contribution is -2.57. The third-order valence-corrected chi connectivity index (χ3v) is 2.83. The van der Waals surface area contributed by atoms with Crippen molar-refractivity contribution in [2.45, 2.75) is 6.54 Å². The van der Waals surface area contributed by atoms with Crippen LogP contribution in [0.3, 0.4) is 0 Å². The van der Waals surface area contributed by atoms with E-state index in [0.717, 1.165) is 5.56 Å². The number of carbonyl (C=O) groups excluding carboxylic acids is 2. The number of nitrogens with zero attached hydrogens (tertiary/aromatic N) is 1. The minimum Gasteiger partial charge on any atom is -0.387 e. The molecule has 1 aromatic carbocycles. The predicted molar refractivity (Wildman–Crippen MR) is 65.8 cm³/mol. The van der Waals surface area contributed by atoms with E-state index in [4.69, 9.17) is 11.1 Å². The summed E-state index contributed by atoms with van der Waals surface area (Å²) in [4.78, 5) is 24.6. The van der Waals surface area contributed by atoms with Crippen LogP contribution in [0.2, 0.25) is 0 Å². The van der Waals surface area contributed by atoms with Gasteiger partial charge in [0.2, 0.25) is 5.91 Å². The van der Waals surface area contributed by atoms with E-state index in [1.165, 1.54) is 4.90 Å². The van der Waals surface area contributed by atoms with Gasteiger partial charge in [-0.3, -0.25) is 15.5 Å². The molecular weight excluding hydrogens is 232 g/mol. The molecule has 1 aliphatic heterocycles. The Kier molecular flexibility index (Phi) is 3.27. The molecule has 4 N–H and O–H groups in total. The summed E-state index contributed by atoms with van der Waals surface area (Å²) in [6, 6.07) is 9.00. The molecule has 3 amide bonds. The molecule has 0 bridgehead atoms. The summed E-state index contributed by atoms with van der Waals surface area (Å²) in [5, 5.41) is 9.54. The highest BCUT2D eigenvalue weighted by Crippen LogP contribution is 2.12. The number of rotatable bonds is 3. The Hall–Kier alpha value is -2.37. The van der Waals surface area contributed by atoms with Crippen LogP contribution in [0, 0.1) is 11.3 Å². The van der Waals surface area contributed by atoms with Crippen molar-refractivity contribution in [2.75, 3.05) is 6.54 Å². The van der Waals surface area contributed by atoms with Crippen LogP contribution in [0.4, 0.5) is 4.79 Å². The van der Waals surface area contributed by atoms with E-state index in [-0.39, 0.29) is 12.4 Å². The van der Waals surface area contributed by atoms with Crippen LogP contribution in [0.25, 0.3) is 0 Å². The summed E-state index contributed by atoms with van der Waals surface area (Å²) in [6.45, 7) is 0.540. The van der Waals surface area contributed by atoms with Gasteiger partial charge in [-0.05, 0) is 5.56 Å². The van der Waals surface area contributed by atoms with Gasteiger partial charge in [-0.1, -0.05) is 30.3 Å². The summed E-state index contributed by atoms with van der Waals surface area (Å²) < 4.78 is 0. The van der Waals surface area contributed by atoms with Crippen LogP contribution in [-0.4, -0.2) is 29.2 Å². The average molecular weight is 246 g/mol. The number of amides is 3. The van der Waals surface area contributed by atoms with Crippen LogP contribution in [0.15, 0.2) is 30.3 Å². The number of hydrogen-bond acceptors (Lipinski definition) is 3. The molecule has 2 rings (SSSR count). The molecule has 0 aromatic heterocycles. The van der Waals surface area contributed by atoms with Gasteiger partial charge in [-0.15, -0.1) is 0 Å². The van der Waals surface area contributed by atoms with Crippen molar-refractivity contribution >= 4 is 17.8 Å². The number of carbonyl (C=O) groups is 2. The van der Waals surface area contributed by atoms with Gasteiger partial charge in [-0.2, -0.15) is 0 Å². The highest BCUT2D eigenvalue weighted by Gasteiger charge is 2.33. The largest absolute Gasteiger partial charge is 0.387 e. The van der Waals surface area contributed by atoms with Crippen molar-refractivity contribution in [2.24, 2.45) is 11.7 Å². The number of benzene rings is 1. The zero-order chi connectivity index (χ0) is 13.1. The fraction of sp³-hybridized carbons (Fsp3) is 0.250. The maximum atomic E-state index is 11.7. The SMILES string of the molecule is N=C(N)C1CN(Cc2ccccc2)C(=O)NC1=O. The van der Waals surface area contributed by atoms with E-state index in [2.05, 4.69) is 5.32 Å². The Morgan fingerprint density at radius 3 is 2.67 bits per heavy atom. The van der Waals surface area contributed by atoms with Crippen LogP contribution in [0.5, 0.6) is 0 Å². The second-order valence-corrected chi connectivity index (χ2v) is 4.17. The number of nitrogens with two attached hydrogens (primary N) is 1. The molecule has 0 radical (unpaired) electrons. The van der Waals surface area contributed by atoms with Gasteiger partial charge in [0.25, 0.3) is 0 Å². The lowest BCUT2D eigenvalue weighted by molar-refractivity contribution is -0.123. The monoisotopic (exact) mass is 246 g/mol. The highest BCUT2D eigenvalue weighted by molar-refractivity contribution is 6.08. The van der Waals surface area contributed by atoms with E-state index >= 15 is 0 Å². The second-order valence-electron chi connectivity index (χ2n) is 4.17. The summed E-state index contributed by atoms with van der Waals surface area (Å²) in [6.07, 6.45) is 0. The lowest BCUT2D eigenvalue weighted by Gasteiger charge is -2.31. The molecule has 1 saturated heterocycles. The van der Waals surface area contributed by atoms with E-state index in [1.807, 2.05) is 30.3 Å². The van der Waals surface area contributed by atoms with Crippen molar-refractivity contribution in [1.29, 1.82) is 5.41 Å². The summed E-state index contributed by atoms with van der Waals surface area (Å²) in [7, 11) is 0. The fourth-order valence-electron chi connectivity index (χ4n) is 1.84. The van der Waals surface area contributed by atoms with E-state index in [1.54, 1.807) is 0 Å². The van der Waals surface area contributed by atoms with Crippen molar-refractivity contribution in [3.63, 3.8) is 0 Å². The average Bonchev–Trinajstić information content (AvgIpc) is 2.33. The molecule has 0 spiro atoms. The molecule has 1 aromatic rings. The second kappa shape index (κ2) is 4.87. The molecule has 18 heavy (non-hydrogen) atoms. The molecular formula is C12H14N4O2. The van der Waals surface area contributed by atoms with Crippen molar-refractivity contribution in [1.82, 2.24) is 10.2 Å². The van der Waals surface area contributed by atoms with E-state index in [0.29, 0.717) is 6.54 Å². The number of imide groups is 1. The minimum absolute atomic E-state index is 0.148. The lowest BCUT2D eigenvalue weighted by atomic mass is 10.0. The summed E-state index contributed by atoms with van der Waals surface area (Å²) >= 11 is 0. The van der Waals surface area contributed by atoms with Crippen LogP contribution >= 0.6 is 0 Å². The number of nitrogens with one attached hydrogen (secondary N) is 2. The van der Waals surface area contributed by atoms with Crippen molar-refractivity contribution in [3.05, 3.63) is 35.9 Å². The molecule has 1 fully saturated rings. The number of hydrogen-bond donors (Lipinski definition) is 3. The molecule has 1 aliphatic rings. The maximum Gasteiger partial charge on any atom is 0.324 e. The zero-order valence-corrected chi connectivity index (χ0v) is 9.72. The quantitative estimate of drug-likeness (QED) is 0.528. The Bertz CT molecular complexity index is 486. The highest BCUT2D eigenvalue weighted by atomic mass is 16.2. The molecule has 6 nitrogen and oxygen atoms in total.